The van der Waals surface area contributed by atoms with Gasteiger partial charge in [0, 0.05) is 17.6 Å². The molecule has 0 radical (unpaired) electrons. The van der Waals surface area contributed by atoms with E-state index < -0.39 is 0 Å². The molecule has 0 bridgehead atoms. The molecule has 0 saturated heterocycles. The monoisotopic (exact) mass is 381 g/mol. The molecule has 1 aromatic heterocycles. The van der Waals surface area contributed by atoms with Gasteiger partial charge in [-0.25, -0.2) is 9.97 Å². The smallest absolute Gasteiger partial charge is 0.232 e. The number of rotatable bonds is 6. The van der Waals surface area contributed by atoms with E-state index in [0.29, 0.717) is 34.6 Å². The van der Waals surface area contributed by atoms with Gasteiger partial charge in [0.2, 0.25) is 5.91 Å². The number of amides is 1. The number of aromatic nitrogens is 2. The highest BCUT2D eigenvalue weighted by Crippen LogP contribution is 2.25. The lowest BCUT2D eigenvalue weighted by Gasteiger charge is -2.13. The highest BCUT2D eigenvalue weighted by Gasteiger charge is 2.16. The van der Waals surface area contributed by atoms with Crippen LogP contribution in [0.4, 0.5) is 5.82 Å². The largest absolute Gasteiger partial charge is 0.457 e. The molecular formula is C21H20ClN3O2. The van der Waals surface area contributed by atoms with Gasteiger partial charge in [-0.2, -0.15) is 0 Å². The summed E-state index contributed by atoms with van der Waals surface area (Å²) in [7, 11) is 0. The number of nitrogens with one attached hydrogen (secondary N) is 1. The topological polar surface area (TPSA) is 64.1 Å². The van der Waals surface area contributed by atoms with Crippen molar-refractivity contribution in [3.63, 3.8) is 0 Å². The SMILES string of the molecule is CCc1nccc(NC(=O)C(C)c2ccc(Oc3ccc(Cl)cc3)cc2)n1. The van der Waals surface area contributed by atoms with Crippen LogP contribution < -0.4 is 10.1 Å². The molecular weight excluding hydrogens is 362 g/mol. The van der Waals surface area contributed by atoms with E-state index in [2.05, 4.69) is 15.3 Å². The zero-order valence-corrected chi connectivity index (χ0v) is 15.9. The first kappa shape index (κ1) is 18.9. The number of anilines is 1. The van der Waals surface area contributed by atoms with E-state index in [1.54, 1.807) is 36.5 Å². The van der Waals surface area contributed by atoms with Crippen LogP contribution in [-0.2, 0) is 11.2 Å². The van der Waals surface area contributed by atoms with Crippen molar-refractivity contribution >= 4 is 23.3 Å². The molecule has 0 spiro atoms. The standard InChI is InChI=1S/C21H20ClN3O2/c1-3-19-23-13-12-20(24-19)25-21(26)14(2)15-4-8-17(9-5-15)27-18-10-6-16(22)7-11-18/h4-14H,3H2,1-2H3,(H,23,24,25,26). The van der Waals surface area contributed by atoms with E-state index in [0.717, 1.165) is 5.56 Å². The number of nitrogens with zero attached hydrogens (tertiary/aromatic N) is 2. The maximum atomic E-state index is 12.5. The van der Waals surface area contributed by atoms with E-state index in [-0.39, 0.29) is 11.8 Å². The number of hydrogen-bond donors (Lipinski definition) is 1. The van der Waals surface area contributed by atoms with Crippen molar-refractivity contribution in [1.82, 2.24) is 9.97 Å². The Morgan fingerprint density at radius 2 is 1.70 bits per heavy atom. The fraction of sp³-hybridized carbons (Fsp3) is 0.190. The van der Waals surface area contributed by atoms with Gasteiger partial charge in [0.25, 0.3) is 0 Å². The van der Waals surface area contributed by atoms with Crippen LogP contribution >= 0.6 is 11.6 Å². The molecule has 0 saturated carbocycles. The molecule has 1 atom stereocenters. The van der Waals surface area contributed by atoms with Gasteiger partial charge < -0.3 is 10.1 Å². The predicted molar refractivity (Wildman–Crippen MR) is 106 cm³/mol. The zero-order chi connectivity index (χ0) is 19.2. The van der Waals surface area contributed by atoms with Crippen molar-refractivity contribution in [3.8, 4) is 11.5 Å². The average Bonchev–Trinajstić information content (AvgIpc) is 2.70. The Hall–Kier alpha value is -2.92. The molecule has 3 rings (SSSR count). The molecule has 1 unspecified atom stereocenters. The number of halogens is 1. The van der Waals surface area contributed by atoms with Gasteiger partial charge in [-0.15, -0.1) is 0 Å². The maximum Gasteiger partial charge on any atom is 0.232 e. The normalized spacial score (nSPS) is 11.7. The van der Waals surface area contributed by atoms with Gasteiger partial charge in [0.05, 0.1) is 5.92 Å². The molecule has 1 amide bonds. The molecule has 138 valence electrons. The van der Waals surface area contributed by atoms with Crippen LogP contribution in [0.2, 0.25) is 5.02 Å². The molecule has 1 heterocycles. The molecule has 5 nitrogen and oxygen atoms in total. The Morgan fingerprint density at radius 1 is 1.07 bits per heavy atom. The van der Waals surface area contributed by atoms with E-state index >= 15 is 0 Å². The number of carbonyl (C=O) groups is 1. The summed E-state index contributed by atoms with van der Waals surface area (Å²) in [6.07, 6.45) is 2.36. The summed E-state index contributed by atoms with van der Waals surface area (Å²) >= 11 is 5.87. The van der Waals surface area contributed by atoms with Crippen LogP contribution in [0.1, 0.15) is 31.2 Å². The number of aryl methyl sites for hydroxylation is 1. The Kier molecular flexibility index (Phi) is 6.04. The molecule has 2 aromatic carbocycles. The Balaban J connectivity index is 1.64. The minimum absolute atomic E-state index is 0.123. The second-order valence-electron chi connectivity index (χ2n) is 6.05. The molecule has 0 aliphatic carbocycles. The summed E-state index contributed by atoms with van der Waals surface area (Å²) in [5.74, 6) is 2.16. The average molecular weight is 382 g/mol. The fourth-order valence-electron chi connectivity index (χ4n) is 2.49. The molecule has 1 N–H and O–H groups in total. The Bertz CT molecular complexity index is 911. The van der Waals surface area contributed by atoms with Crippen LogP contribution in [0.5, 0.6) is 11.5 Å². The van der Waals surface area contributed by atoms with Crippen LogP contribution in [-0.4, -0.2) is 15.9 Å². The lowest BCUT2D eigenvalue weighted by Crippen LogP contribution is -2.19. The van der Waals surface area contributed by atoms with Gasteiger partial charge in [0.1, 0.15) is 23.1 Å². The molecule has 27 heavy (non-hydrogen) atoms. The third kappa shape index (κ3) is 5.05. The van der Waals surface area contributed by atoms with Crippen molar-refractivity contribution < 1.29 is 9.53 Å². The van der Waals surface area contributed by atoms with Crippen LogP contribution in [0, 0.1) is 0 Å². The minimum Gasteiger partial charge on any atom is -0.457 e. The fourth-order valence-corrected chi connectivity index (χ4v) is 2.61. The molecule has 0 aliphatic heterocycles. The minimum atomic E-state index is -0.324. The van der Waals surface area contributed by atoms with Gasteiger partial charge in [0.15, 0.2) is 0 Å². The van der Waals surface area contributed by atoms with E-state index in [1.807, 2.05) is 38.1 Å². The number of benzene rings is 2. The number of carbonyl (C=O) groups excluding carboxylic acids is 1. The first-order valence-corrected chi connectivity index (χ1v) is 9.09. The second-order valence-corrected chi connectivity index (χ2v) is 6.48. The molecule has 6 heteroatoms. The van der Waals surface area contributed by atoms with Gasteiger partial charge in [-0.05, 0) is 55.0 Å². The van der Waals surface area contributed by atoms with Crippen molar-refractivity contribution in [2.24, 2.45) is 0 Å². The highest BCUT2D eigenvalue weighted by atomic mass is 35.5. The van der Waals surface area contributed by atoms with Crippen molar-refractivity contribution in [2.45, 2.75) is 26.2 Å². The third-order valence-corrected chi connectivity index (χ3v) is 4.35. The van der Waals surface area contributed by atoms with Gasteiger partial charge in [-0.1, -0.05) is 30.7 Å². The van der Waals surface area contributed by atoms with Crippen molar-refractivity contribution in [2.75, 3.05) is 5.32 Å². The summed E-state index contributed by atoms with van der Waals surface area (Å²) in [5.41, 5.74) is 0.890. The summed E-state index contributed by atoms with van der Waals surface area (Å²) in [6.45, 7) is 3.82. The molecule has 0 aliphatic rings. The Labute approximate surface area is 163 Å². The molecule has 0 fully saturated rings. The van der Waals surface area contributed by atoms with Gasteiger partial charge in [-0.3, -0.25) is 4.79 Å². The van der Waals surface area contributed by atoms with Crippen molar-refractivity contribution in [3.05, 3.63) is 77.2 Å². The Morgan fingerprint density at radius 3 is 2.33 bits per heavy atom. The maximum absolute atomic E-state index is 12.5. The first-order chi connectivity index (χ1) is 13.0. The van der Waals surface area contributed by atoms with E-state index in [1.165, 1.54) is 0 Å². The lowest BCUT2D eigenvalue weighted by molar-refractivity contribution is -0.117. The summed E-state index contributed by atoms with van der Waals surface area (Å²) in [4.78, 5) is 20.9. The highest BCUT2D eigenvalue weighted by molar-refractivity contribution is 6.30. The zero-order valence-electron chi connectivity index (χ0n) is 15.1. The number of hydrogen-bond acceptors (Lipinski definition) is 4. The summed E-state index contributed by atoms with van der Waals surface area (Å²) in [6, 6.07) is 16.3. The predicted octanol–water partition coefficient (Wildman–Crippen LogP) is 5.23. The first-order valence-electron chi connectivity index (χ1n) is 8.71. The van der Waals surface area contributed by atoms with Crippen molar-refractivity contribution in [1.29, 1.82) is 0 Å². The van der Waals surface area contributed by atoms with E-state index in [4.69, 9.17) is 16.3 Å². The lowest BCUT2D eigenvalue weighted by atomic mass is 10.0. The summed E-state index contributed by atoms with van der Waals surface area (Å²) in [5, 5.41) is 3.50. The number of ether oxygens (including phenoxy) is 1. The second kappa shape index (κ2) is 8.64. The van der Waals surface area contributed by atoms with Gasteiger partial charge >= 0.3 is 0 Å². The van der Waals surface area contributed by atoms with Crippen LogP contribution in [0.25, 0.3) is 0 Å². The van der Waals surface area contributed by atoms with Crippen LogP contribution in [0.15, 0.2) is 60.8 Å². The quantitative estimate of drug-likeness (QED) is 0.635. The van der Waals surface area contributed by atoms with E-state index in [9.17, 15) is 4.79 Å². The molecule has 3 aromatic rings. The summed E-state index contributed by atoms with van der Waals surface area (Å²) < 4.78 is 5.77. The third-order valence-electron chi connectivity index (χ3n) is 4.10. The van der Waals surface area contributed by atoms with Crippen LogP contribution in [0.3, 0.4) is 0 Å².